The van der Waals surface area contributed by atoms with Gasteiger partial charge in [0.05, 0.1) is 25.1 Å². The van der Waals surface area contributed by atoms with Crippen LogP contribution in [0.25, 0.3) is 43.9 Å². The van der Waals surface area contributed by atoms with Gasteiger partial charge in [-0.25, -0.2) is 19.2 Å². The first-order valence-electron chi connectivity index (χ1n) is 39.3. The van der Waals surface area contributed by atoms with Gasteiger partial charge in [-0.2, -0.15) is 0 Å². The summed E-state index contributed by atoms with van der Waals surface area (Å²) in [6.45, 7) is 49.0. The molecule has 4 heterocycles. The third-order valence-electron chi connectivity index (χ3n) is 15.2. The molecule has 8 rings (SSSR count). The molecule has 8 aromatic rings. The fraction of sp³-hybridized carbons (Fsp3) is 0.545. The number of nitrogens with two attached hydrogens (primary N) is 1. The van der Waals surface area contributed by atoms with E-state index in [1.807, 2.05) is 181 Å². The van der Waals surface area contributed by atoms with Crippen LogP contribution in [0.3, 0.4) is 0 Å². The lowest BCUT2D eigenvalue weighted by molar-refractivity contribution is -0.135. The maximum Gasteiger partial charge on any atom is 0.410 e. The van der Waals surface area contributed by atoms with Gasteiger partial charge in [0, 0.05) is 116 Å². The molecule has 0 saturated carbocycles. The minimum atomic E-state index is -0.530. The van der Waals surface area contributed by atoms with E-state index in [0.29, 0.717) is 89.8 Å². The highest BCUT2D eigenvalue weighted by Gasteiger charge is 2.25. The molecule has 26 heteroatoms. The molecule has 0 bridgehead atoms. The molecule has 6 amide bonds. The van der Waals surface area contributed by atoms with Crippen molar-refractivity contribution in [3.05, 3.63) is 144 Å². The van der Waals surface area contributed by atoms with Crippen LogP contribution < -0.4 is 27.0 Å². The predicted molar refractivity (Wildman–Crippen MR) is 460 cm³/mol. The van der Waals surface area contributed by atoms with Gasteiger partial charge in [0.15, 0.2) is 0 Å². The second-order valence-corrected chi connectivity index (χ2v) is 34.1. The fourth-order valence-electron chi connectivity index (χ4n) is 9.93. The Morgan fingerprint density at radius 3 is 1.14 bits per heavy atom. The molecule has 4 aromatic heterocycles. The molecule has 634 valence electrons. The number of aldehydes is 1. The lowest BCUT2D eigenvalue weighted by atomic mass is 10.1. The smallest absolute Gasteiger partial charge is 0.410 e. The molecular formula is C88H132BrClN8O16. The molecule has 0 atom stereocenters. The fourth-order valence-corrected chi connectivity index (χ4v) is 9.93. The summed E-state index contributed by atoms with van der Waals surface area (Å²) < 4.78 is 42.1. The molecule has 114 heavy (non-hydrogen) atoms. The van der Waals surface area contributed by atoms with Gasteiger partial charge in [-0.05, 0) is 241 Å². The lowest BCUT2D eigenvalue weighted by Crippen LogP contribution is -2.41. The van der Waals surface area contributed by atoms with E-state index >= 15 is 0 Å². The average Bonchev–Trinajstić information content (AvgIpc) is 1.67. The molecule has 24 nitrogen and oxygen atoms in total. The van der Waals surface area contributed by atoms with E-state index < -0.39 is 28.5 Å². The highest BCUT2D eigenvalue weighted by atomic mass is 79.9. The summed E-state index contributed by atoms with van der Waals surface area (Å²) in [6, 6.07) is 31.1. The van der Waals surface area contributed by atoms with E-state index in [4.69, 9.17) is 54.0 Å². The molecule has 0 unspecified atom stereocenters. The van der Waals surface area contributed by atoms with Crippen LogP contribution in [0.5, 0.6) is 0 Å². The van der Waals surface area contributed by atoms with Gasteiger partial charge >= 0.3 is 24.4 Å². The standard InChI is InChI=1S/C25H38N2O4.C21H30N2O4.C17H24N2O3.C9H6O2.C8H18N2O2.C4H9Br.C4H7ClO/c1-18(2)16-27(24(29)31-25(5,6)7)13-8-12-26(23(28)19(3)4)17-20-9-10-22-21(15-20)11-14-30-22;1-15(2)19(24)23(11-6-10-22-20(25)27-21(3,4)5)14-16-7-8-18-17(13-16)9-12-26-18;1-17(2,3)22-16(20)19-9-4-8-18-12-13-5-6-15-14(11-13)7-10-21-15;10-6-7-1-2-9-8(5-7)3-4-11-9;1-8(2,3)12-7(11)10-6-4-5-9;1-4(2)3-5;1-3(2)4(5)6/h9-11,14-15,18-19H,8,12-13,16-17H2,1-7H3;7-9,12-13,15H,6,10-11,14H2,1-5H3,(H,22,25);5-7,10-11,18H,4,8-9,12H2,1-3H3,(H,19,20);1-6H;4-6,9H2,1-3H3,(H,10,11);4H,3H2,1-2H3;3H,1-2H3. The minimum absolute atomic E-state index is 0.0216. The molecule has 4 aromatic carbocycles. The summed E-state index contributed by atoms with van der Waals surface area (Å²) in [5, 5.41) is 16.4. The first-order chi connectivity index (χ1) is 53.3. The number of benzene rings is 4. The van der Waals surface area contributed by atoms with Crippen LogP contribution in [0.4, 0.5) is 19.2 Å². The van der Waals surface area contributed by atoms with Gasteiger partial charge in [0.2, 0.25) is 17.1 Å². The minimum Gasteiger partial charge on any atom is -0.464 e. The van der Waals surface area contributed by atoms with Gasteiger partial charge in [-0.3, -0.25) is 19.2 Å². The number of nitrogens with one attached hydrogen (secondary N) is 4. The lowest BCUT2D eigenvalue weighted by Gasteiger charge is -2.30. The monoisotopic (exact) mass is 1670 g/mol. The zero-order chi connectivity index (χ0) is 85.9. The zero-order valence-electron chi connectivity index (χ0n) is 71.7. The molecule has 0 aliphatic rings. The van der Waals surface area contributed by atoms with Gasteiger partial charge in [0.25, 0.3) is 0 Å². The van der Waals surface area contributed by atoms with Crippen molar-refractivity contribution in [2.24, 2.45) is 35.3 Å². The number of furan rings is 4. The zero-order valence-corrected chi connectivity index (χ0v) is 74.1. The largest absolute Gasteiger partial charge is 0.464 e. The topological polar surface area (TPSA) is 310 Å². The number of ether oxygens (including phenoxy) is 4. The van der Waals surface area contributed by atoms with E-state index in [1.165, 1.54) is 5.56 Å². The number of nitrogens with zero attached hydrogens (tertiary/aromatic N) is 3. The SMILES string of the molecule is CC(C)(C)OC(=O)NCCCN.CC(C)(C)OC(=O)NCCCNCc1ccc2occc2c1.CC(C)C(=O)Cl.CC(C)C(=O)N(CCCNC(=O)OC(C)(C)C)Cc1ccc2occc2c1.CC(C)CBr.CC(C)CN(CCCN(Cc1ccc2occc2c1)C(=O)C(C)C)C(=O)OC(C)(C)C.O=Cc1ccc2occc2c1. The number of alkyl halides is 1. The average molecular weight is 1670 g/mol. The Hall–Kier alpha value is -8.91. The van der Waals surface area contributed by atoms with E-state index in [9.17, 15) is 38.4 Å². The van der Waals surface area contributed by atoms with Crippen LogP contribution in [-0.4, -0.2) is 149 Å². The molecule has 0 radical (unpaired) electrons. The summed E-state index contributed by atoms with van der Waals surface area (Å²) in [4.78, 5) is 97.9. The van der Waals surface area contributed by atoms with Crippen LogP contribution in [0.1, 0.15) is 205 Å². The molecule has 0 aliphatic carbocycles. The maximum absolute atomic E-state index is 12.8. The van der Waals surface area contributed by atoms with E-state index in [2.05, 4.69) is 83.1 Å². The first kappa shape index (κ1) is 101. The number of halogens is 2. The highest BCUT2D eigenvalue weighted by Crippen LogP contribution is 2.23. The summed E-state index contributed by atoms with van der Waals surface area (Å²) >= 11 is 8.29. The molecule has 0 fully saturated rings. The Balaban J connectivity index is 0.000000485. The summed E-state index contributed by atoms with van der Waals surface area (Å²) in [5.74, 6) is 1.15. The number of hydrogen-bond donors (Lipinski definition) is 5. The van der Waals surface area contributed by atoms with Crippen LogP contribution in [0.15, 0.2) is 140 Å². The van der Waals surface area contributed by atoms with Crippen LogP contribution >= 0.6 is 27.5 Å². The Labute approximate surface area is 690 Å². The van der Waals surface area contributed by atoms with Crippen molar-refractivity contribution in [2.75, 3.05) is 64.2 Å². The third kappa shape index (κ3) is 45.3. The Morgan fingerprint density at radius 2 is 0.789 bits per heavy atom. The molecule has 0 spiro atoms. The Bertz CT molecular complexity index is 4130. The third-order valence-corrected chi connectivity index (χ3v) is 17.0. The normalized spacial score (nSPS) is 11.3. The van der Waals surface area contributed by atoms with Gasteiger partial charge in [-0.1, -0.05) is 103 Å². The Morgan fingerprint density at radius 1 is 0.447 bits per heavy atom. The second-order valence-electron chi connectivity index (χ2n) is 33.0. The number of alkyl carbamates (subject to hydrolysis) is 3. The van der Waals surface area contributed by atoms with Crippen LogP contribution in [-0.2, 0) is 53.0 Å². The van der Waals surface area contributed by atoms with Crippen molar-refractivity contribution in [1.29, 1.82) is 0 Å². The number of fused-ring (bicyclic) bond motifs is 4. The number of rotatable bonds is 28. The van der Waals surface area contributed by atoms with Crippen molar-refractivity contribution in [1.82, 2.24) is 36.0 Å². The van der Waals surface area contributed by atoms with Crippen LogP contribution in [0.2, 0.25) is 0 Å². The quantitative estimate of drug-likeness (QED) is 0.0100. The summed E-state index contributed by atoms with van der Waals surface area (Å²) in [7, 11) is 0. The second kappa shape index (κ2) is 51.8. The van der Waals surface area contributed by atoms with Crippen molar-refractivity contribution >= 4 is 119 Å². The van der Waals surface area contributed by atoms with Crippen molar-refractivity contribution < 1.29 is 75.0 Å². The summed E-state index contributed by atoms with van der Waals surface area (Å²) in [6.07, 6.45) is 8.97. The van der Waals surface area contributed by atoms with Crippen molar-refractivity contribution in [3.63, 3.8) is 0 Å². The highest BCUT2D eigenvalue weighted by molar-refractivity contribution is 9.09. The van der Waals surface area contributed by atoms with E-state index in [-0.39, 0.29) is 53.1 Å². The predicted octanol–water partition coefficient (Wildman–Crippen LogP) is 20.0. The summed E-state index contributed by atoms with van der Waals surface area (Å²) in [5.41, 5.74) is 10.7. The molecular weight excluding hydrogens is 1540 g/mol. The first-order valence-corrected chi connectivity index (χ1v) is 40.8. The van der Waals surface area contributed by atoms with Gasteiger partial charge < -0.3 is 78.3 Å². The number of hydrogen-bond acceptors (Lipinski definition) is 18. The number of carbonyl (C=O) groups is 8. The van der Waals surface area contributed by atoms with Gasteiger partial charge in [-0.15, -0.1) is 0 Å². The molecule has 0 aliphatic heterocycles. The number of carbonyl (C=O) groups excluding carboxylic acids is 8. The van der Waals surface area contributed by atoms with E-state index in [0.717, 1.165) is 98.5 Å². The van der Waals surface area contributed by atoms with Crippen molar-refractivity contribution in [2.45, 2.75) is 220 Å². The van der Waals surface area contributed by atoms with Crippen molar-refractivity contribution in [3.8, 4) is 0 Å². The van der Waals surface area contributed by atoms with Gasteiger partial charge in [0.1, 0.15) is 51.0 Å². The maximum atomic E-state index is 12.8. The molecule has 6 N–H and O–H groups in total. The van der Waals surface area contributed by atoms with E-state index in [1.54, 1.807) is 62.0 Å². The Kier molecular flexibility index (Phi) is 46.0. The number of amides is 6. The molecule has 0 saturated heterocycles. The van der Waals surface area contributed by atoms with Crippen LogP contribution in [0, 0.1) is 29.6 Å².